The molecule has 0 spiro atoms. The van der Waals surface area contributed by atoms with Gasteiger partial charge >= 0.3 is 0 Å². The molecule has 3 aliphatic rings. The van der Waals surface area contributed by atoms with E-state index in [1.807, 2.05) is 6.07 Å². The largest absolute Gasteiger partial charge is 0.503 e. The van der Waals surface area contributed by atoms with Crippen molar-refractivity contribution in [2.24, 2.45) is 5.92 Å². The van der Waals surface area contributed by atoms with Gasteiger partial charge in [-0.25, -0.2) is 0 Å². The van der Waals surface area contributed by atoms with Crippen LogP contribution in [0.4, 0.5) is 0 Å². The summed E-state index contributed by atoms with van der Waals surface area (Å²) in [6.45, 7) is 3.24. The molecule has 7 heteroatoms. The van der Waals surface area contributed by atoms with Gasteiger partial charge in [0.15, 0.2) is 23.0 Å². The molecule has 0 bridgehead atoms. The van der Waals surface area contributed by atoms with Crippen LogP contribution in [0.5, 0.6) is 11.5 Å². The zero-order valence-corrected chi connectivity index (χ0v) is 17.0. The van der Waals surface area contributed by atoms with Crippen molar-refractivity contribution >= 4 is 11.7 Å². The van der Waals surface area contributed by atoms with Crippen molar-refractivity contribution in [3.8, 4) is 11.5 Å². The van der Waals surface area contributed by atoms with Gasteiger partial charge in [0.2, 0.25) is 0 Å². The number of amides is 1. The lowest BCUT2D eigenvalue weighted by Crippen LogP contribution is -2.38. The molecule has 1 atom stereocenters. The van der Waals surface area contributed by atoms with E-state index in [9.17, 15) is 14.7 Å². The fourth-order valence-electron chi connectivity index (χ4n) is 4.33. The molecule has 2 heterocycles. The molecule has 2 fully saturated rings. The van der Waals surface area contributed by atoms with Crippen molar-refractivity contribution in [3.63, 3.8) is 0 Å². The van der Waals surface area contributed by atoms with Crippen molar-refractivity contribution in [3.05, 3.63) is 35.1 Å². The van der Waals surface area contributed by atoms with Crippen LogP contribution in [-0.2, 0) is 9.59 Å². The second-order valence-electron chi connectivity index (χ2n) is 7.97. The minimum Gasteiger partial charge on any atom is -0.503 e. The van der Waals surface area contributed by atoms with Gasteiger partial charge in [0.1, 0.15) is 0 Å². The van der Waals surface area contributed by atoms with Crippen LogP contribution in [0.25, 0.3) is 0 Å². The van der Waals surface area contributed by atoms with Crippen molar-refractivity contribution in [1.82, 2.24) is 9.80 Å². The predicted molar refractivity (Wildman–Crippen MR) is 107 cm³/mol. The molecular weight excluding hydrogens is 372 g/mol. The highest BCUT2D eigenvalue weighted by Crippen LogP contribution is 2.44. The number of likely N-dealkylation sites (tertiary alicyclic amines) is 1. The first-order valence-corrected chi connectivity index (χ1v) is 10.3. The number of nitrogens with zero attached hydrogens (tertiary/aromatic N) is 2. The van der Waals surface area contributed by atoms with E-state index in [0.717, 1.165) is 38.0 Å². The van der Waals surface area contributed by atoms with Crippen LogP contribution in [0.15, 0.2) is 29.5 Å². The summed E-state index contributed by atoms with van der Waals surface area (Å²) >= 11 is 0. The van der Waals surface area contributed by atoms with Crippen LogP contribution in [0, 0.1) is 5.92 Å². The summed E-state index contributed by atoms with van der Waals surface area (Å²) in [5, 5.41) is 10.6. The molecule has 2 aliphatic heterocycles. The number of carbonyl (C=O) groups excluding carboxylic acids is 2. The van der Waals surface area contributed by atoms with Crippen LogP contribution in [0.1, 0.15) is 37.3 Å². The third-order valence-corrected chi connectivity index (χ3v) is 6.10. The maximum absolute atomic E-state index is 13.0. The van der Waals surface area contributed by atoms with E-state index in [-0.39, 0.29) is 17.3 Å². The fraction of sp³-hybridized carbons (Fsp3) is 0.545. The zero-order chi connectivity index (χ0) is 20.5. The van der Waals surface area contributed by atoms with Crippen LogP contribution < -0.4 is 9.47 Å². The van der Waals surface area contributed by atoms with Gasteiger partial charge in [-0.1, -0.05) is 6.07 Å². The van der Waals surface area contributed by atoms with E-state index in [1.54, 1.807) is 31.3 Å². The maximum atomic E-state index is 13.0. The highest BCUT2D eigenvalue weighted by molar-refractivity contribution is 6.10. The number of aliphatic hydroxyl groups excluding tert-OH is 1. The molecule has 7 nitrogen and oxygen atoms in total. The third-order valence-electron chi connectivity index (χ3n) is 6.10. The summed E-state index contributed by atoms with van der Waals surface area (Å²) in [4.78, 5) is 29.8. The van der Waals surface area contributed by atoms with E-state index >= 15 is 0 Å². The van der Waals surface area contributed by atoms with Crippen molar-refractivity contribution in [2.45, 2.75) is 31.7 Å². The lowest BCUT2D eigenvalue weighted by molar-refractivity contribution is -0.129. The molecule has 0 aromatic heterocycles. The number of hydrogen-bond donors (Lipinski definition) is 1. The zero-order valence-electron chi connectivity index (χ0n) is 17.0. The minimum absolute atomic E-state index is 0.0823. The Balaban J connectivity index is 1.68. The number of methoxy groups -OCH3 is 2. The molecule has 1 saturated carbocycles. The molecule has 29 heavy (non-hydrogen) atoms. The summed E-state index contributed by atoms with van der Waals surface area (Å²) in [7, 11) is 3.11. The first kappa shape index (κ1) is 19.8. The lowest BCUT2D eigenvalue weighted by atomic mass is 9.94. The number of hydrogen-bond acceptors (Lipinski definition) is 6. The molecule has 1 aliphatic carbocycles. The molecular formula is C22H28N2O5. The second kappa shape index (κ2) is 8.06. The van der Waals surface area contributed by atoms with Crippen LogP contribution in [0.2, 0.25) is 0 Å². The summed E-state index contributed by atoms with van der Waals surface area (Å²) in [5.41, 5.74) is 0.969. The lowest BCUT2D eigenvalue weighted by Gasteiger charge is -2.29. The quantitative estimate of drug-likeness (QED) is 0.722. The van der Waals surface area contributed by atoms with Crippen molar-refractivity contribution in [2.75, 3.05) is 40.4 Å². The Labute approximate surface area is 170 Å². The number of aliphatic hydroxyl groups is 1. The summed E-state index contributed by atoms with van der Waals surface area (Å²) in [5.74, 6) is 0.0468. The van der Waals surface area contributed by atoms with E-state index in [1.165, 1.54) is 12.8 Å². The van der Waals surface area contributed by atoms with Gasteiger partial charge in [0.25, 0.3) is 5.91 Å². The molecule has 1 aromatic carbocycles. The van der Waals surface area contributed by atoms with Gasteiger partial charge < -0.3 is 24.4 Å². The molecule has 1 N–H and O–H groups in total. The van der Waals surface area contributed by atoms with E-state index < -0.39 is 17.7 Å². The highest BCUT2D eigenvalue weighted by atomic mass is 16.5. The summed E-state index contributed by atoms with van der Waals surface area (Å²) in [6.07, 6.45) is 3.97. The van der Waals surface area contributed by atoms with Crippen LogP contribution in [0.3, 0.4) is 0 Å². The third kappa shape index (κ3) is 3.71. The Bertz CT molecular complexity index is 840. The standard InChI is InChI=1S/C22H28N2O5/c1-28-16-8-7-15(13-17(16)29-2)19-18(20(25)14-5-6-14)21(26)22(27)24(19)12-11-23-9-3-4-10-23/h7-8,13-14,19,26H,3-6,9-12H2,1-2H3. The Morgan fingerprint density at radius 2 is 1.79 bits per heavy atom. The van der Waals surface area contributed by atoms with Gasteiger partial charge in [-0.2, -0.15) is 0 Å². The minimum atomic E-state index is -0.599. The van der Waals surface area contributed by atoms with Gasteiger partial charge in [-0.05, 0) is 56.5 Å². The van der Waals surface area contributed by atoms with Crippen molar-refractivity contribution < 1.29 is 24.2 Å². The Morgan fingerprint density at radius 1 is 1.10 bits per heavy atom. The highest BCUT2D eigenvalue weighted by Gasteiger charge is 2.47. The fourth-order valence-corrected chi connectivity index (χ4v) is 4.33. The SMILES string of the molecule is COc1ccc(C2C(C(=O)C3CC3)=C(O)C(=O)N2CCN2CCCC2)cc1OC. The molecule has 156 valence electrons. The topological polar surface area (TPSA) is 79.3 Å². The van der Waals surface area contributed by atoms with Gasteiger partial charge in [-0.15, -0.1) is 0 Å². The predicted octanol–water partition coefficient (Wildman–Crippen LogP) is 2.47. The first-order chi connectivity index (χ1) is 14.0. The number of ketones is 1. The molecule has 1 saturated heterocycles. The number of Topliss-reactive ketones (excluding diaryl/α,β-unsaturated/α-hetero) is 1. The monoisotopic (exact) mass is 400 g/mol. The number of benzene rings is 1. The number of carbonyl (C=O) groups is 2. The van der Waals surface area contributed by atoms with E-state index in [2.05, 4.69) is 4.90 Å². The van der Waals surface area contributed by atoms with Gasteiger partial charge in [-0.3, -0.25) is 9.59 Å². The van der Waals surface area contributed by atoms with Crippen LogP contribution >= 0.6 is 0 Å². The van der Waals surface area contributed by atoms with Crippen LogP contribution in [-0.4, -0.2) is 67.0 Å². The molecule has 0 radical (unpaired) electrons. The number of ether oxygens (including phenoxy) is 2. The second-order valence-corrected chi connectivity index (χ2v) is 7.97. The molecule has 1 amide bonds. The summed E-state index contributed by atoms with van der Waals surface area (Å²) < 4.78 is 10.7. The molecule has 1 unspecified atom stereocenters. The van der Waals surface area contributed by atoms with E-state index in [0.29, 0.717) is 18.0 Å². The maximum Gasteiger partial charge on any atom is 0.290 e. The number of rotatable bonds is 8. The van der Waals surface area contributed by atoms with Crippen molar-refractivity contribution in [1.29, 1.82) is 0 Å². The Morgan fingerprint density at radius 3 is 2.41 bits per heavy atom. The smallest absolute Gasteiger partial charge is 0.290 e. The summed E-state index contributed by atoms with van der Waals surface area (Å²) in [6, 6.07) is 4.80. The first-order valence-electron chi connectivity index (χ1n) is 10.3. The molecule has 4 rings (SSSR count). The van der Waals surface area contributed by atoms with Gasteiger partial charge in [0.05, 0.1) is 25.8 Å². The van der Waals surface area contributed by atoms with Gasteiger partial charge in [0, 0.05) is 19.0 Å². The van der Waals surface area contributed by atoms with E-state index in [4.69, 9.17) is 9.47 Å². The average Bonchev–Trinajstić information content (AvgIpc) is 3.41. The average molecular weight is 400 g/mol. The molecule has 1 aromatic rings. The Kier molecular flexibility index (Phi) is 5.50. The normalized spacial score (nSPS) is 22.5. The Hall–Kier alpha value is -2.54.